The average Bonchev–Trinajstić information content (AvgIpc) is 2.39. The van der Waals surface area contributed by atoms with E-state index in [-0.39, 0.29) is 24.7 Å². The number of para-hydroxylation sites is 1. The lowest BCUT2D eigenvalue weighted by molar-refractivity contribution is -0.143. The van der Waals surface area contributed by atoms with E-state index in [9.17, 15) is 9.59 Å². The number of anilines is 1. The number of carbonyl (C=O) groups excluding carboxylic acids is 2. The number of esters is 1. The molecule has 0 heterocycles. The Morgan fingerprint density at radius 2 is 2.05 bits per heavy atom. The lowest BCUT2D eigenvalue weighted by atomic mass is 10.1. The molecule has 0 radical (unpaired) electrons. The second kappa shape index (κ2) is 6.99. The molecule has 0 saturated heterocycles. The maximum absolute atomic E-state index is 12.3. The highest BCUT2D eigenvalue weighted by atomic mass is 35.5. The molecule has 0 saturated carbocycles. The number of rotatable bonds is 5. The molecule has 19 heavy (non-hydrogen) atoms. The first kappa shape index (κ1) is 15.3. The molecule has 0 atom stereocenters. The first-order valence-corrected chi connectivity index (χ1v) is 6.37. The fourth-order valence-corrected chi connectivity index (χ4v) is 1.76. The third kappa shape index (κ3) is 3.86. The van der Waals surface area contributed by atoms with E-state index in [1.54, 1.807) is 32.0 Å². The maximum Gasteiger partial charge on any atom is 0.325 e. The van der Waals surface area contributed by atoms with Crippen molar-refractivity contribution >= 4 is 29.2 Å². The molecule has 0 unspecified atom stereocenters. The van der Waals surface area contributed by atoms with Crippen LogP contribution in [0.3, 0.4) is 0 Å². The van der Waals surface area contributed by atoms with Crippen LogP contribution in [0.4, 0.5) is 5.69 Å². The zero-order valence-electron chi connectivity index (χ0n) is 11.0. The van der Waals surface area contributed by atoms with Gasteiger partial charge in [0.25, 0.3) is 5.91 Å². The van der Waals surface area contributed by atoms with Gasteiger partial charge in [-0.25, -0.2) is 0 Å². The van der Waals surface area contributed by atoms with Crippen LogP contribution in [0, 0.1) is 0 Å². The van der Waals surface area contributed by atoms with E-state index < -0.39 is 5.97 Å². The van der Waals surface area contributed by atoms with Crippen LogP contribution in [0.15, 0.2) is 18.2 Å². The molecule has 104 valence electrons. The number of carbonyl (C=O) groups is 2. The summed E-state index contributed by atoms with van der Waals surface area (Å²) in [7, 11) is 0. The molecular weight excluding hydrogens is 268 g/mol. The monoisotopic (exact) mass is 284 g/mol. The summed E-state index contributed by atoms with van der Waals surface area (Å²) in [6.07, 6.45) is 0. The van der Waals surface area contributed by atoms with Crippen LogP contribution >= 0.6 is 11.6 Å². The Morgan fingerprint density at radius 3 is 2.63 bits per heavy atom. The van der Waals surface area contributed by atoms with Crippen molar-refractivity contribution in [2.45, 2.75) is 13.8 Å². The summed E-state index contributed by atoms with van der Waals surface area (Å²) in [5.41, 5.74) is 6.28. The molecule has 2 N–H and O–H groups in total. The normalized spacial score (nSPS) is 10.1. The van der Waals surface area contributed by atoms with Gasteiger partial charge in [-0.15, -0.1) is 0 Å². The molecular formula is C13H17ClN2O3. The summed E-state index contributed by atoms with van der Waals surface area (Å²) >= 11 is 5.87. The number of hydrogen-bond acceptors (Lipinski definition) is 4. The summed E-state index contributed by atoms with van der Waals surface area (Å²) < 4.78 is 4.82. The Morgan fingerprint density at radius 1 is 1.37 bits per heavy atom. The van der Waals surface area contributed by atoms with Crippen molar-refractivity contribution in [2.75, 3.05) is 25.4 Å². The van der Waals surface area contributed by atoms with E-state index in [0.717, 1.165) is 0 Å². The number of halogens is 1. The highest BCUT2D eigenvalue weighted by Gasteiger charge is 2.20. The van der Waals surface area contributed by atoms with Crippen molar-refractivity contribution in [2.24, 2.45) is 0 Å². The summed E-state index contributed by atoms with van der Waals surface area (Å²) in [4.78, 5) is 25.1. The van der Waals surface area contributed by atoms with Gasteiger partial charge in [0.05, 0.1) is 22.9 Å². The van der Waals surface area contributed by atoms with Gasteiger partial charge in [0.2, 0.25) is 0 Å². The van der Waals surface area contributed by atoms with Crippen LogP contribution in [0.5, 0.6) is 0 Å². The number of likely N-dealkylation sites (N-methyl/N-ethyl adjacent to an activating group) is 1. The molecule has 0 aliphatic rings. The minimum atomic E-state index is -0.446. The molecule has 5 nitrogen and oxygen atoms in total. The number of nitrogen functional groups attached to an aromatic ring is 1. The van der Waals surface area contributed by atoms with Gasteiger partial charge in [0.15, 0.2) is 0 Å². The molecule has 1 rings (SSSR count). The van der Waals surface area contributed by atoms with Gasteiger partial charge < -0.3 is 15.4 Å². The Hall–Kier alpha value is -1.75. The van der Waals surface area contributed by atoms with Crippen LogP contribution in [0.1, 0.15) is 24.2 Å². The standard InChI is InChI=1S/C13H17ClN2O3/c1-3-16(8-11(17)19-4-2)13(18)9-6-5-7-10(14)12(9)15/h5-7H,3-4,8,15H2,1-2H3. The second-order valence-electron chi connectivity index (χ2n) is 3.83. The minimum absolute atomic E-state index is 0.102. The van der Waals surface area contributed by atoms with E-state index in [4.69, 9.17) is 22.1 Å². The predicted molar refractivity (Wildman–Crippen MR) is 74.1 cm³/mol. The average molecular weight is 285 g/mol. The van der Waals surface area contributed by atoms with Gasteiger partial charge in [-0.3, -0.25) is 9.59 Å². The summed E-state index contributed by atoms with van der Waals surface area (Å²) in [6.45, 7) is 4.05. The van der Waals surface area contributed by atoms with Crippen LogP contribution in [0.2, 0.25) is 5.02 Å². The van der Waals surface area contributed by atoms with Crippen LogP contribution < -0.4 is 5.73 Å². The van der Waals surface area contributed by atoms with Crippen LogP contribution in [-0.4, -0.2) is 36.5 Å². The topological polar surface area (TPSA) is 72.6 Å². The first-order chi connectivity index (χ1) is 9.01. The van der Waals surface area contributed by atoms with Gasteiger partial charge in [-0.1, -0.05) is 17.7 Å². The van der Waals surface area contributed by atoms with E-state index in [1.807, 2.05) is 0 Å². The van der Waals surface area contributed by atoms with E-state index >= 15 is 0 Å². The van der Waals surface area contributed by atoms with Crippen molar-refractivity contribution in [1.29, 1.82) is 0 Å². The van der Waals surface area contributed by atoms with Crippen molar-refractivity contribution in [1.82, 2.24) is 4.90 Å². The van der Waals surface area contributed by atoms with Crippen LogP contribution in [0.25, 0.3) is 0 Å². The Kier molecular flexibility index (Phi) is 5.63. The van der Waals surface area contributed by atoms with E-state index in [0.29, 0.717) is 17.1 Å². The highest BCUT2D eigenvalue weighted by molar-refractivity contribution is 6.33. The summed E-state index contributed by atoms with van der Waals surface area (Å²) in [5.74, 6) is -0.783. The third-order valence-corrected chi connectivity index (χ3v) is 2.91. The smallest absolute Gasteiger partial charge is 0.325 e. The number of ether oxygens (including phenoxy) is 1. The number of nitrogens with two attached hydrogens (primary N) is 1. The molecule has 1 aromatic rings. The third-order valence-electron chi connectivity index (χ3n) is 2.58. The number of nitrogens with zero attached hydrogens (tertiary/aromatic N) is 1. The molecule has 0 spiro atoms. The Bertz CT molecular complexity index is 477. The molecule has 6 heteroatoms. The fourth-order valence-electron chi connectivity index (χ4n) is 1.58. The van der Waals surface area contributed by atoms with Crippen molar-refractivity contribution in [3.8, 4) is 0 Å². The van der Waals surface area contributed by atoms with Gasteiger partial charge in [0, 0.05) is 6.54 Å². The van der Waals surface area contributed by atoms with Gasteiger partial charge in [0.1, 0.15) is 6.54 Å². The van der Waals surface area contributed by atoms with E-state index in [2.05, 4.69) is 0 Å². The van der Waals surface area contributed by atoms with Crippen molar-refractivity contribution < 1.29 is 14.3 Å². The molecule has 0 aliphatic heterocycles. The van der Waals surface area contributed by atoms with Crippen LogP contribution in [-0.2, 0) is 9.53 Å². The maximum atomic E-state index is 12.3. The SMILES string of the molecule is CCOC(=O)CN(CC)C(=O)c1cccc(Cl)c1N. The molecule has 1 amide bonds. The Labute approximate surface area is 117 Å². The van der Waals surface area contributed by atoms with Crippen molar-refractivity contribution in [3.63, 3.8) is 0 Å². The zero-order valence-corrected chi connectivity index (χ0v) is 11.7. The molecule has 0 bridgehead atoms. The van der Waals surface area contributed by atoms with Gasteiger partial charge in [-0.05, 0) is 26.0 Å². The minimum Gasteiger partial charge on any atom is -0.465 e. The first-order valence-electron chi connectivity index (χ1n) is 6.00. The largest absolute Gasteiger partial charge is 0.465 e. The molecule has 0 aromatic heterocycles. The lowest BCUT2D eigenvalue weighted by Gasteiger charge is -2.20. The molecule has 0 aliphatic carbocycles. The Balaban J connectivity index is 2.89. The van der Waals surface area contributed by atoms with Gasteiger partial charge in [-0.2, -0.15) is 0 Å². The number of amides is 1. The summed E-state index contributed by atoms with van der Waals surface area (Å²) in [6, 6.07) is 4.83. The molecule has 1 aromatic carbocycles. The lowest BCUT2D eigenvalue weighted by Crippen LogP contribution is -2.36. The fraction of sp³-hybridized carbons (Fsp3) is 0.385. The molecule has 0 fully saturated rings. The van der Waals surface area contributed by atoms with Gasteiger partial charge >= 0.3 is 5.97 Å². The summed E-state index contributed by atoms with van der Waals surface area (Å²) in [5, 5.41) is 0.318. The van der Waals surface area contributed by atoms with E-state index in [1.165, 1.54) is 4.90 Å². The van der Waals surface area contributed by atoms with Crippen molar-refractivity contribution in [3.05, 3.63) is 28.8 Å². The predicted octanol–water partition coefficient (Wildman–Crippen LogP) is 1.95. The zero-order chi connectivity index (χ0) is 14.4. The quantitative estimate of drug-likeness (QED) is 0.662. The second-order valence-corrected chi connectivity index (χ2v) is 4.23. The number of benzene rings is 1. The highest BCUT2D eigenvalue weighted by Crippen LogP contribution is 2.23. The number of hydrogen-bond donors (Lipinski definition) is 1.